The number of aryl methyl sites for hydroxylation is 1. The average Bonchev–Trinajstić information content (AvgIpc) is 2.69. The molecule has 0 spiro atoms. The molecule has 0 bridgehead atoms. The molecule has 0 aliphatic heterocycles. The Kier molecular flexibility index (Phi) is 7.91. The number of halogens is 2. The molecule has 2 saturated carbocycles. The van der Waals surface area contributed by atoms with E-state index >= 15 is 0 Å². The molecule has 0 aromatic heterocycles. The second-order valence-electron chi connectivity index (χ2n) is 8.80. The van der Waals surface area contributed by atoms with E-state index in [1.165, 1.54) is 50.7 Å². The van der Waals surface area contributed by atoms with Gasteiger partial charge in [0.1, 0.15) is 11.6 Å². The smallest absolute Gasteiger partial charge is 0.142 e. The fourth-order valence-corrected chi connectivity index (χ4v) is 5.15. The lowest BCUT2D eigenvalue weighted by Crippen LogP contribution is -2.26. The third-order valence-electron chi connectivity index (χ3n) is 6.77. The van der Waals surface area contributed by atoms with E-state index in [0.717, 1.165) is 43.6 Å². The lowest BCUT2D eigenvalue weighted by atomic mass is 9.69. The summed E-state index contributed by atoms with van der Waals surface area (Å²) in [7, 11) is 1.80. The van der Waals surface area contributed by atoms with E-state index in [1.54, 1.807) is 7.11 Å². The quantitative estimate of drug-likeness (QED) is 0.521. The van der Waals surface area contributed by atoms with Gasteiger partial charge in [-0.2, -0.15) is 0 Å². The monoisotopic (exact) mass is 388 g/mol. The van der Waals surface area contributed by atoms with Crippen LogP contribution in [0.1, 0.15) is 75.8 Å². The fraction of sp³-hybridized carbons (Fsp3) is 0.680. The second-order valence-corrected chi connectivity index (χ2v) is 8.80. The molecule has 2 fully saturated rings. The summed E-state index contributed by atoms with van der Waals surface area (Å²) in [6.45, 7) is 2.91. The first kappa shape index (κ1) is 21.3. The zero-order valence-electron chi connectivity index (χ0n) is 17.4. The highest BCUT2D eigenvalue weighted by molar-refractivity contribution is 5.39. The summed E-state index contributed by atoms with van der Waals surface area (Å²) in [5.41, 5.74) is 0.655. The molecule has 1 aromatic rings. The van der Waals surface area contributed by atoms with Gasteiger partial charge in [0, 0.05) is 19.6 Å². The number of hydrogen-bond acceptors (Lipinski definition) is 1. The van der Waals surface area contributed by atoms with Gasteiger partial charge in [-0.15, -0.1) is 0 Å². The minimum absolute atomic E-state index is 0.0570. The molecule has 2 aliphatic rings. The van der Waals surface area contributed by atoms with Crippen LogP contribution < -0.4 is 0 Å². The SMILES string of the molecule is CCCc1cc(F)c(C#C[C@H]2CC[C@H]([C@H]3CC[C@H](COC)CC3)CC2)c(F)c1. The molecule has 0 N–H and O–H groups in total. The van der Waals surface area contributed by atoms with Gasteiger partial charge < -0.3 is 4.74 Å². The third kappa shape index (κ3) is 5.57. The number of hydrogen-bond donors (Lipinski definition) is 0. The molecule has 0 saturated heterocycles. The van der Waals surface area contributed by atoms with Crippen LogP contribution in [0.4, 0.5) is 8.78 Å². The van der Waals surface area contributed by atoms with Crippen LogP contribution in [-0.2, 0) is 11.2 Å². The standard InChI is InChI=1S/C25H34F2O/c1-3-4-20-15-24(26)23(25(27)16-20)14-9-18-5-10-21(11-6-18)22-12-7-19(8-13-22)17-28-2/h15-16,18-19,21-22H,3-8,10-13,17H2,1-2H3/t18-,19-,21-,22-. The lowest BCUT2D eigenvalue weighted by Gasteiger charge is -2.36. The van der Waals surface area contributed by atoms with Gasteiger partial charge >= 0.3 is 0 Å². The highest BCUT2D eigenvalue weighted by atomic mass is 19.1. The maximum atomic E-state index is 14.2. The third-order valence-corrected chi connectivity index (χ3v) is 6.77. The Morgan fingerprint density at radius 1 is 0.929 bits per heavy atom. The molecule has 0 atom stereocenters. The average molecular weight is 389 g/mol. The normalized spacial score (nSPS) is 27.9. The van der Waals surface area contributed by atoms with Crippen molar-refractivity contribution in [3.63, 3.8) is 0 Å². The van der Waals surface area contributed by atoms with Crippen molar-refractivity contribution < 1.29 is 13.5 Å². The Morgan fingerprint density at radius 2 is 1.50 bits per heavy atom. The second kappa shape index (κ2) is 10.4. The zero-order chi connectivity index (χ0) is 19.9. The van der Waals surface area contributed by atoms with Crippen molar-refractivity contribution in [1.82, 2.24) is 0 Å². The fourth-order valence-electron chi connectivity index (χ4n) is 5.15. The number of rotatable bonds is 5. The maximum absolute atomic E-state index is 14.2. The van der Waals surface area contributed by atoms with E-state index in [0.29, 0.717) is 12.0 Å². The van der Waals surface area contributed by atoms with Crippen LogP contribution in [0.5, 0.6) is 0 Å². The van der Waals surface area contributed by atoms with Crippen molar-refractivity contribution in [2.75, 3.05) is 13.7 Å². The summed E-state index contributed by atoms with van der Waals surface area (Å²) in [5, 5.41) is 0. The minimum Gasteiger partial charge on any atom is -0.384 e. The first-order chi connectivity index (χ1) is 13.6. The van der Waals surface area contributed by atoms with Gasteiger partial charge in [-0.3, -0.25) is 0 Å². The van der Waals surface area contributed by atoms with Gasteiger partial charge in [0.05, 0.1) is 5.56 Å². The van der Waals surface area contributed by atoms with Crippen molar-refractivity contribution in [3.8, 4) is 11.8 Å². The van der Waals surface area contributed by atoms with E-state index < -0.39 is 11.6 Å². The number of methoxy groups -OCH3 is 1. The van der Waals surface area contributed by atoms with Crippen molar-refractivity contribution >= 4 is 0 Å². The molecule has 0 unspecified atom stereocenters. The van der Waals surface area contributed by atoms with Crippen LogP contribution in [0.3, 0.4) is 0 Å². The zero-order valence-corrected chi connectivity index (χ0v) is 17.4. The first-order valence-electron chi connectivity index (χ1n) is 11.1. The molecule has 28 heavy (non-hydrogen) atoms. The molecule has 3 rings (SSSR count). The Morgan fingerprint density at radius 3 is 2.04 bits per heavy atom. The van der Waals surface area contributed by atoms with E-state index in [9.17, 15) is 8.78 Å². The number of benzene rings is 1. The minimum atomic E-state index is -0.516. The van der Waals surface area contributed by atoms with Crippen molar-refractivity contribution in [3.05, 3.63) is 34.9 Å². The van der Waals surface area contributed by atoms with Gasteiger partial charge in [0.15, 0.2) is 0 Å². The molecule has 1 aromatic carbocycles. The van der Waals surface area contributed by atoms with Crippen LogP contribution in [-0.4, -0.2) is 13.7 Å². The highest BCUT2D eigenvalue weighted by Gasteiger charge is 2.30. The molecule has 0 heterocycles. The largest absolute Gasteiger partial charge is 0.384 e. The molecule has 1 nitrogen and oxygen atoms in total. The predicted molar refractivity (Wildman–Crippen MR) is 110 cm³/mol. The molecule has 0 amide bonds. The van der Waals surface area contributed by atoms with E-state index in [4.69, 9.17) is 4.74 Å². The highest BCUT2D eigenvalue weighted by Crippen LogP contribution is 2.41. The van der Waals surface area contributed by atoms with Crippen LogP contribution >= 0.6 is 0 Å². The van der Waals surface area contributed by atoms with Gasteiger partial charge in [-0.1, -0.05) is 25.2 Å². The summed E-state index contributed by atoms with van der Waals surface area (Å²) in [4.78, 5) is 0. The Balaban J connectivity index is 1.52. The van der Waals surface area contributed by atoms with E-state index in [-0.39, 0.29) is 11.5 Å². The van der Waals surface area contributed by atoms with E-state index in [2.05, 4.69) is 11.8 Å². The Bertz CT molecular complexity index is 663. The van der Waals surface area contributed by atoms with Crippen LogP contribution in [0.25, 0.3) is 0 Å². The maximum Gasteiger partial charge on any atom is 0.142 e. The Hall–Kier alpha value is -1.40. The van der Waals surface area contributed by atoms with Gasteiger partial charge in [0.25, 0.3) is 0 Å². The van der Waals surface area contributed by atoms with E-state index in [1.807, 2.05) is 6.92 Å². The van der Waals surface area contributed by atoms with Crippen molar-refractivity contribution in [2.45, 2.75) is 71.1 Å². The van der Waals surface area contributed by atoms with Gasteiger partial charge in [-0.05, 0) is 93.2 Å². The molecule has 154 valence electrons. The summed E-state index contributed by atoms with van der Waals surface area (Å²) >= 11 is 0. The molecule has 3 heteroatoms. The van der Waals surface area contributed by atoms with Gasteiger partial charge in [0.2, 0.25) is 0 Å². The van der Waals surface area contributed by atoms with Crippen LogP contribution in [0.15, 0.2) is 12.1 Å². The van der Waals surface area contributed by atoms with Gasteiger partial charge in [-0.25, -0.2) is 8.78 Å². The predicted octanol–water partition coefficient (Wildman–Crippen LogP) is 6.53. The topological polar surface area (TPSA) is 9.23 Å². The molecule has 2 aliphatic carbocycles. The van der Waals surface area contributed by atoms with Crippen LogP contribution in [0.2, 0.25) is 0 Å². The first-order valence-corrected chi connectivity index (χ1v) is 11.1. The summed E-state index contributed by atoms with van der Waals surface area (Å²) in [6, 6.07) is 2.88. The lowest BCUT2D eigenvalue weighted by molar-refractivity contribution is 0.0961. The molecular formula is C25H34F2O. The summed E-state index contributed by atoms with van der Waals surface area (Å²) in [5.74, 6) is 7.64. The summed E-state index contributed by atoms with van der Waals surface area (Å²) < 4.78 is 33.8. The van der Waals surface area contributed by atoms with Crippen molar-refractivity contribution in [2.24, 2.45) is 23.7 Å². The van der Waals surface area contributed by atoms with Crippen molar-refractivity contribution in [1.29, 1.82) is 0 Å². The van der Waals surface area contributed by atoms with Crippen LogP contribution in [0, 0.1) is 47.1 Å². The number of ether oxygens (including phenoxy) is 1. The molecular weight excluding hydrogens is 354 g/mol. The molecule has 0 radical (unpaired) electrons. The Labute approximate surface area is 169 Å². The summed E-state index contributed by atoms with van der Waals surface area (Å²) in [6.07, 6.45) is 11.4.